The number of benzene rings is 2. The van der Waals surface area contributed by atoms with Gasteiger partial charge in [0.1, 0.15) is 5.69 Å². The molecule has 1 amide bonds. The van der Waals surface area contributed by atoms with Crippen LogP contribution in [0, 0.1) is 0 Å². The normalized spacial score (nSPS) is 10.8. The van der Waals surface area contributed by atoms with Crippen LogP contribution in [0.1, 0.15) is 16.1 Å². The van der Waals surface area contributed by atoms with E-state index in [-0.39, 0.29) is 5.91 Å². The van der Waals surface area contributed by atoms with Crippen molar-refractivity contribution in [2.45, 2.75) is 6.54 Å². The van der Waals surface area contributed by atoms with Crippen molar-refractivity contribution in [2.24, 2.45) is 0 Å². The predicted octanol–water partition coefficient (Wildman–Crippen LogP) is 4.27. The molecule has 0 bridgehead atoms. The van der Waals surface area contributed by atoms with E-state index >= 15 is 0 Å². The van der Waals surface area contributed by atoms with Crippen LogP contribution in [0.2, 0.25) is 0 Å². The first kappa shape index (κ1) is 16.1. The van der Waals surface area contributed by atoms with E-state index in [4.69, 9.17) is 4.98 Å². The molecule has 0 N–H and O–H groups in total. The van der Waals surface area contributed by atoms with Crippen LogP contribution in [0.3, 0.4) is 0 Å². The van der Waals surface area contributed by atoms with Crippen LogP contribution in [0.25, 0.3) is 16.8 Å². The monoisotopic (exact) mass is 341 g/mol. The summed E-state index contributed by atoms with van der Waals surface area (Å²) in [6.45, 7) is 0.547. The average Bonchev–Trinajstić information content (AvgIpc) is 3.16. The van der Waals surface area contributed by atoms with E-state index in [9.17, 15) is 4.79 Å². The molecule has 2 heterocycles. The first-order valence-electron chi connectivity index (χ1n) is 8.55. The Hall–Kier alpha value is -3.40. The van der Waals surface area contributed by atoms with Crippen LogP contribution < -0.4 is 0 Å². The molecule has 4 aromatic rings. The van der Waals surface area contributed by atoms with Gasteiger partial charge in [0.05, 0.1) is 11.2 Å². The SMILES string of the molecule is CN(Cc1ccccc1)C(=O)c1cn2cccc2c(-c2ccccc2)n1. The summed E-state index contributed by atoms with van der Waals surface area (Å²) in [6, 6.07) is 23.9. The van der Waals surface area contributed by atoms with E-state index in [0.29, 0.717) is 12.2 Å². The maximum atomic E-state index is 12.9. The highest BCUT2D eigenvalue weighted by Crippen LogP contribution is 2.23. The molecule has 0 unspecified atom stereocenters. The molecule has 0 saturated heterocycles. The summed E-state index contributed by atoms with van der Waals surface area (Å²) in [4.78, 5) is 19.3. The Labute approximate surface area is 152 Å². The van der Waals surface area contributed by atoms with Gasteiger partial charge in [-0.05, 0) is 17.7 Å². The number of carbonyl (C=O) groups excluding carboxylic acids is 1. The fourth-order valence-corrected chi connectivity index (χ4v) is 3.08. The number of fused-ring (bicyclic) bond motifs is 1. The number of aromatic nitrogens is 2. The van der Waals surface area contributed by atoms with Gasteiger partial charge in [0.2, 0.25) is 0 Å². The molecule has 0 atom stereocenters. The number of rotatable bonds is 4. The number of hydrogen-bond donors (Lipinski definition) is 0. The second-order valence-corrected chi connectivity index (χ2v) is 6.29. The highest BCUT2D eigenvalue weighted by atomic mass is 16.2. The molecule has 0 saturated carbocycles. The summed E-state index contributed by atoms with van der Waals surface area (Å²) >= 11 is 0. The summed E-state index contributed by atoms with van der Waals surface area (Å²) < 4.78 is 1.96. The molecule has 4 heteroatoms. The Kier molecular flexibility index (Phi) is 4.23. The Morgan fingerprint density at radius 2 is 1.65 bits per heavy atom. The molecule has 26 heavy (non-hydrogen) atoms. The van der Waals surface area contributed by atoms with Crippen molar-refractivity contribution >= 4 is 11.4 Å². The van der Waals surface area contributed by atoms with E-state index in [0.717, 1.165) is 22.3 Å². The largest absolute Gasteiger partial charge is 0.336 e. The van der Waals surface area contributed by atoms with Gasteiger partial charge >= 0.3 is 0 Å². The van der Waals surface area contributed by atoms with E-state index in [2.05, 4.69) is 0 Å². The predicted molar refractivity (Wildman–Crippen MR) is 103 cm³/mol. The van der Waals surface area contributed by atoms with Gasteiger partial charge in [-0.2, -0.15) is 0 Å². The lowest BCUT2D eigenvalue weighted by molar-refractivity contribution is 0.0779. The van der Waals surface area contributed by atoms with Crippen molar-refractivity contribution < 1.29 is 4.79 Å². The molecule has 0 radical (unpaired) electrons. The van der Waals surface area contributed by atoms with Crippen LogP contribution in [0.4, 0.5) is 0 Å². The molecule has 0 fully saturated rings. The molecular formula is C22H19N3O. The zero-order chi connectivity index (χ0) is 17.9. The maximum Gasteiger partial charge on any atom is 0.274 e. The Balaban J connectivity index is 1.71. The lowest BCUT2D eigenvalue weighted by Gasteiger charge is -2.18. The van der Waals surface area contributed by atoms with E-state index in [1.54, 1.807) is 18.1 Å². The first-order chi connectivity index (χ1) is 12.7. The van der Waals surface area contributed by atoms with Gasteiger partial charge in [0.15, 0.2) is 0 Å². The van der Waals surface area contributed by atoms with Crippen LogP contribution >= 0.6 is 0 Å². The van der Waals surface area contributed by atoms with Gasteiger partial charge in [-0.25, -0.2) is 4.98 Å². The van der Waals surface area contributed by atoms with Gasteiger partial charge < -0.3 is 9.30 Å². The quantitative estimate of drug-likeness (QED) is 0.556. The molecule has 4 nitrogen and oxygen atoms in total. The summed E-state index contributed by atoms with van der Waals surface area (Å²) in [5.74, 6) is -0.0957. The van der Waals surface area contributed by atoms with E-state index in [1.165, 1.54) is 0 Å². The number of carbonyl (C=O) groups is 1. The van der Waals surface area contributed by atoms with Crippen molar-refractivity contribution in [1.29, 1.82) is 0 Å². The number of amides is 1. The number of hydrogen-bond acceptors (Lipinski definition) is 2. The van der Waals surface area contributed by atoms with Crippen molar-refractivity contribution in [2.75, 3.05) is 7.05 Å². The first-order valence-corrected chi connectivity index (χ1v) is 8.55. The fraction of sp³-hybridized carbons (Fsp3) is 0.0909. The summed E-state index contributed by atoms with van der Waals surface area (Å²) in [5.41, 5.74) is 4.32. The molecule has 2 aromatic heterocycles. The zero-order valence-electron chi connectivity index (χ0n) is 14.5. The molecule has 2 aromatic carbocycles. The van der Waals surface area contributed by atoms with Gasteiger partial charge in [-0.1, -0.05) is 60.7 Å². The Morgan fingerprint density at radius 3 is 2.38 bits per heavy atom. The van der Waals surface area contributed by atoms with Crippen molar-refractivity contribution in [3.63, 3.8) is 0 Å². The minimum absolute atomic E-state index is 0.0957. The lowest BCUT2D eigenvalue weighted by atomic mass is 10.1. The van der Waals surface area contributed by atoms with Gasteiger partial charge in [0.25, 0.3) is 5.91 Å². The topological polar surface area (TPSA) is 37.6 Å². The molecule has 0 spiro atoms. The van der Waals surface area contributed by atoms with Gasteiger partial charge in [-0.15, -0.1) is 0 Å². The molecular weight excluding hydrogens is 322 g/mol. The van der Waals surface area contributed by atoms with Crippen molar-refractivity contribution in [3.8, 4) is 11.3 Å². The maximum absolute atomic E-state index is 12.9. The fourth-order valence-electron chi connectivity index (χ4n) is 3.08. The van der Waals surface area contributed by atoms with Gasteiger partial charge in [0, 0.05) is 31.5 Å². The summed E-state index contributed by atoms with van der Waals surface area (Å²) in [6.07, 6.45) is 3.74. The second-order valence-electron chi connectivity index (χ2n) is 6.29. The molecule has 128 valence electrons. The average molecular weight is 341 g/mol. The minimum atomic E-state index is -0.0957. The van der Waals surface area contributed by atoms with Crippen LogP contribution in [-0.2, 0) is 6.54 Å². The molecule has 0 aliphatic rings. The van der Waals surface area contributed by atoms with Crippen molar-refractivity contribution in [3.05, 3.63) is 96.4 Å². The highest BCUT2D eigenvalue weighted by molar-refractivity contribution is 5.93. The second kappa shape index (κ2) is 6.84. The minimum Gasteiger partial charge on any atom is -0.336 e. The van der Waals surface area contributed by atoms with Gasteiger partial charge in [-0.3, -0.25) is 4.79 Å². The smallest absolute Gasteiger partial charge is 0.274 e. The van der Waals surface area contributed by atoms with E-state index in [1.807, 2.05) is 83.4 Å². The van der Waals surface area contributed by atoms with E-state index < -0.39 is 0 Å². The zero-order valence-corrected chi connectivity index (χ0v) is 14.5. The molecule has 4 rings (SSSR count). The third-order valence-electron chi connectivity index (χ3n) is 4.39. The van der Waals surface area contributed by atoms with Crippen LogP contribution in [0.5, 0.6) is 0 Å². The van der Waals surface area contributed by atoms with Crippen molar-refractivity contribution in [1.82, 2.24) is 14.3 Å². The van der Waals surface area contributed by atoms with Crippen LogP contribution in [-0.4, -0.2) is 27.2 Å². The standard InChI is InChI=1S/C22H19N3O/c1-24(15-17-9-4-2-5-10-17)22(26)19-16-25-14-8-13-20(25)21(23-19)18-11-6-3-7-12-18/h2-14,16H,15H2,1H3. The molecule has 0 aliphatic heterocycles. The van der Waals surface area contributed by atoms with Crippen LogP contribution in [0.15, 0.2) is 85.2 Å². The summed E-state index contributed by atoms with van der Waals surface area (Å²) in [7, 11) is 1.80. The third kappa shape index (κ3) is 3.09. The number of nitrogens with zero attached hydrogens (tertiary/aromatic N) is 3. The molecule has 0 aliphatic carbocycles. The Bertz CT molecular complexity index is 1040. The Morgan fingerprint density at radius 1 is 0.962 bits per heavy atom. The highest BCUT2D eigenvalue weighted by Gasteiger charge is 2.17. The lowest BCUT2D eigenvalue weighted by Crippen LogP contribution is -2.27. The summed E-state index contributed by atoms with van der Waals surface area (Å²) in [5, 5.41) is 0. The third-order valence-corrected chi connectivity index (χ3v) is 4.39.